The summed E-state index contributed by atoms with van der Waals surface area (Å²) in [5, 5.41) is 3.75. The number of amides is 1. The monoisotopic (exact) mass is 462 g/mol. The quantitative estimate of drug-likeness (QED) is 0.526. The van der Waals surface area contributed by atoms with Gasteiger partial charge in [0.1, 0.15) is 5.75 Å². The highest BCUT2D eigenvalue weighted by Crippen LogP contribution is 2.39. The van der Waals surface area contributed by atoms with Crippen LogP contribution in [0.2, 0.25) is 0 Å². The van der Waals surface area contributed by atoms with Crippen molar-refractivity contribution in [1.29, 1.82) is 0 Å². The van der Waals surface area contributed by atoms with E-state index in [1.807, 2.05) is 0 Å². The van der Waals surface area contributed by atoms with E-state index < -0.39 is 0 Å². The highest BCUT2D eigenvalue weighted by Gasteiger charge is 2.40. The van der Waals surface area contributed by atoms with E-state index in [0.717, 1.165) is 55.8 Å². The van der Waals surface area contributed by atoms with Gasteiger partial charge in [-0.1, -0.05) is 70.2 Å². The van der Waals surface area contributed by atoms with Crippen molar-refractivity contribution in [2.45, 2.75) is 90.4 Å². The highest BCUT2D eigenvalue weighted by molar-refractivity contribution is 5.80. The first-order valence-electron chi connectivity index (χ1n) is 13.1. The average molecular weight is 463 g/mol. The Morgan fingerprint density at radius 3 is 2.35 bits per heavy atom. The molecular formula is C30H42N2O2. The third-order valence-corrected chi connectivity index (χ3v) is 7.86. The summed E-state index contributed by atoms with van der Waals surface area (Å²) in [5.41, 5.74) is 3.77. The average Bonchev–Trinajstić information content (AvgIpc) is 3.26. The Balaban J connectivity index is 1.56. The second-order valence-electron chi connectivity index (χ2n) is 11.4. The molecule has 1 heterocycles. The molecule has 2 fully saturated rings. The van der Waals surface area contributed by atoms with Crippen LogP contribution in [0, 0.1) is 11.8 Å². The molecule has 4 nitrogen and oxygen atoms in total. The maximum atomic E-state index is 13.9. The van der Waals surface area contributed by atoms with Gasteiger partial charge in [-0.05, 0) is 67.1 Å². The summed E-state index contributed by atoms with van der Waals surface area (Å²) >= 11 is 0. The summed E-state index contributed by atoms with van der Waals surface area (Å²) in [7, 11) is 1.73. The molecule has 184 valence electrons. The van der Waals surface area contributed by atoms with Crippen LogP contribution in [0.5, 0.6) is 5.75 Å². The van der Waals surface area contributed by atoms with Crippen LogP contribution >= 0.6 is 0 Å². The number of carbonyl (C=O) groups excluding carboxylic acids is 1. The van der Waals surface area contributed by atoms with Crippen molar-refractivity contribution in [2.24, 2.45) is 11.8 Å². The van der Waals surface area contributed by atoms with Crippen molar-refractivity contribution >= 4 is 5.91 Å². The van der Waals surface area contributed by atoms with Crippen LogP contribution in [-0.2, 0) is 16.8 Å². The largest absolute Gasteiger partial charge is 0.496 e. The summed E-state index contributed by atoms with van der Waals surface area (Å²) in [6.45, 7) is 9.70. The molecule has 1 N–H and O–H groups in total. The first-order valence-corrected chi connectivity index (χ1v) is 13.1. The van der Waals surface area contributed by atoms with Crippen LogP contribution < -0.4 is 10.1 Å². The van der Waals surface area contributed by atoms with Gasteiger partial charge in [0.15, 0.2) is 0 Å². The van der Waals surface area contributed by atoms with Crippen molar-refractivity contribution in [1.82, 2.24) is 10.2 Å². The van der Waals surface area contributed by atoms with E-state index in [2.05, 4.69) is 86.4 Å². The fourth-order valence-corrected chi connectivity index (χ4v) is 5.65. The zero-order valence-electron chi connectivity index (χ0n) is 21.6. The Morgan fingerprint density at radius 2 is 1.71 bits per heavy atom. The SMILES string of the molecule is COc1ccc(C(C)(C)C)cc1CNC1CCC(c2ccccc2)N1C(=O)C1CCC(C)CC1. The van der Waals surface area contributed by atoms with Crippen molar-refractivity contribution in [3.8, 4) is 5.75 Å². The zero-order valence-corrected chi connectivity index (χ0v) is 21.6. The molecule has 0 radical (unpaired) electrons. The molecule has 0 aromatic heterocycles. The van der Waals surface area contributed by atoms with Gasteiger partial charge in [0.25, 0.3) is 0 Å². The predicted molar refractivity (Wildman–Crippen MR) is 139 cm³/mol. The van der Waals surface area contributed by atoms with Gasteiger partial charge < -0.3 is 9.64 Å². The van der Waals surface area contributed by atoms with Crippen molar-refractivity contribution in [2.75, 3.05) is 7.11 Å². The minimum atomic E-state index is 0.0417. The summed E-state index contributed by atoms with van der Waals surface area (Å²) in [5.74, 6) is 2.14. The van der Waals surface area contributed by atoms with E-state index in [0.29, 0.717) is 12.5 Å². The van der Waals surface area contributed by atoms with Crippen LogP contribution in [0.3, 0.4) is 0 Å². The molecule has 2 unspecified atom stereocenters. The number of likely N-dealkylation sites (tertiary alicyclic amines) is 1. The van der Waals surface area contributed by atoms with Gasteiger partial charge in [-0.15, -0.1) is 0 Å². The second kappa shape index (κ2) is 10.5. The van der Waals surface area contributed by atoms with Gasteiger partial charge in [0.05, 0.1) is 19.3 Å². The van der Waals surface area contributed by atoms with E-state index in [-0.39, 0.29) is 23.5 Å². The lowest BCUT2D eigenvalue weighted by Gasteiger charge is -2.36. The molecular weight excluding hydrogens is 420 g/mol. The van der Waals surface area contributed by atoms with Gasteiger partial charge in [0.2, 0.25) is 5.91 Å². The number of nitrogens with one attached hydrogen (secondary N) is 1. The topological polar surface area (TPSA) is 41.6 Å². The Hall–Kier alpha value is -2.33. The second-order valence-corrected chi connectivity index (χ2v) is 11.4. The van der Waals surface area contributed by atoms with Crippen LogP contribution in [0.15, 0.2) is 48.5 Å². The first-order chi connectivity index (χ1) is 16.3. The molecule has 1 amide bonds. The first kappa shape index (κ1) is 24.8. The molecule has 0 bridgehead atoms. The summed E-state index contributed by atoms with van der Waals surface area (Å²) in [4.78, 5) is 16.1. The van der Waals surface area contributed by atoms with Crippen LogP contribution in [0.25, 0.3) is 0 Å². The summed E-state index contributed by atoms with van der Waals surface area (Å²) in [6.07, 6.45) is 6.37. The number of rotatable bonds is 6. The third-order valence-electron chi connectivity index (χ3n) is 7.86. The number of benzene rings is 2. The van der Waals surface area contributed by atoms with Gasteiger partial charge in [-0.3, -0.25) is 10.1 Å². The molecule has 1 aliphatic carbocycles. The van der Waals surface area contributed by atoms with Gasteiger partial charge in [-0.25, -0.2) is 0 Å². The van der Waals surface area contributed by atoms with Crippen molar-refractivity contribution in [3.05, 3.63) is 65.2 Å². The molecule has 2 aliphatic rings. The summed E-state index contributed by atoms with van der Waals surface area (Å²) < 4.78 is 5.68. The number of hydrogen-bond acceptors (Lipinski definition) is 3. The van der Waals surface area contributed by atoms with Gasteiger partial charge in [0, 0.05) is 18.0 Å². The van der Waals surface area contributed by atoms with E-state index in [1.54, 1.807) is 7.11 Å². The van der Waals surface area contributed by atoms with E-state index in [4.69, 9.17) is 4.74 Å². The van der Waals surface area contributed by atoms with Crippen molar-refractivity contribution in [3.63, 3.8) is 0 Å². The minimum Gasteiger partial charge on any atom is -0.496 e. The lowest BCUT2D eigenvalue weighted by molar-refractivity contribution is -0.140. The summed E-state index contributed by atoms with van der Waals surface area (Å²) in [6, 6.07) is 17.2. The highest BCUT2D eigenvalue weighted by atomic mass is 16.5. The number of carbonyl (C=O) groups is 1. The molecule has 2 aromatic rings. The fourth-order valence-electron chi connectivity index (χ4n) is 5.65. The predicted octanol–water partition coefficient (Wildman–Crippen LogP) is 6.60. The minimum absolute atomic E-state index is 0.0417. The van der Waals surface area contributed by atoms with Gasteiger partial charge in [-0.2, -0.15) is 0 Å². The molecule has 4 heteroatoms. The number of nitrogens with zero attached hydrogens (tertiary/aromatic N) is 1. The van der Waals surface area contributed by atoms with E-state index >= 15 is 0 Å². The zero-order chi connectivity index (χ0) is 24.3. The lowest BCUT2D eigenvalue weighted by Crippen LogP contribution is -2.48. The van der Waals surface area contributed by atoms with E-state index in [9.17, 15) is 4.79 Å². The molecule has 2 atom stereocenters. The molecule has 1 saturated carbocycles. The lowest BCUT2D eigenvalue weighted by atomic mass is 9.82. The molecule has 34 heavy (non-hydrogen) atoms. The molecule has 0 spiro atoms. The van der Waals surface area contributed by atoms with Crippen LogP contribution in [0.1, 0.15) is 89.0 Å². The Morgan fingerprint density at radius 1 is 1.00 bits per heavy atom. The van der Waals surface area contributed by atoms with Crippen LogP contribution in [0.4, 0.5) is 0 Å². The third kappa shape index (κ3) is 5.49. The standard InChI is InChI=1S/C30H42N2O2/c1-21-11-13-23(14-12-21)29(33)32-26(22-9-7-6-8-10-22)16-18-28(32)31-20-24-19-25(30(2,3)4)15-17-27(24)34-5/h6-10,15,17,19,21,23,26,28,31H,11-14,16,18,20H2,1-5H3. The van der Waals surface area contributed by atoms with Gasteiger partial charge >= 0.3 is 0 Å². The normalized spacial score (nSPS) is 25.4. The Bertz CT molecular complexity index is 958. The number of ether oxygens (including phenoxy) is 1. The molecule has 4 rings (SSSR count). The molecule has 2 aromatic carbocycles. The Labute approximate surface area is 206 Å². The Kier molecular flexibility index (Phi) is 7.67. The van der Waals surface area contributed by atoms with Crippen molar-refractivity contribution < 1.29 is 9.53 Å². The molecule has 1 saturated heterocycles. The maximum absolute atomic E-state index is 13.9. The molecule has 1 aliphatic heterocycles. The maximum Gasteiger partial charge on any atom is 0.227 e. The number of hydrogen-bond donors (Lipinski definition) is 1. The fraction of sp³-hybridized carbons (Fsp3) is 0.567. The van der Waals surface area contributed by atoms with Crippen LogP contribution in [-0.4, -0.2) is 24.1 Å². The number of methoxy groups -OCH3 is 1. The smallest absolute Gasteiger partial charge is 0.227 e. The van der Waals surface area contributed by atoms with E-state index in [1.165, 1.54) is 11.1 Å².